The lowest BCUT2D eigenvalue weighted by molar-refractivity contribution is -0.131. The number of anilines is 2. The van der Waals surface area contributed by atoms with Crippen LogP contribution in [-0.2, 0) is 16.0 Å². The summed E-state index contributed by atoms with van der Waals surface area (Å²) in [5, 5.41) is 0. The van der Waals surface area contributed by atoms with Crippen LogP contribution in [0.15, 0.2) is 18.2 Å². The van der Waals surface area contributed by atoms with Gasteiger partial charge in [0.1, 0.15) is 0 Å². The summed E-state index contributed by atoms with van der Waals surface area (Å²) in [6.07, 6.45) is 3.21. The van der Waals surface area contributed by atoms with Gasteiger partial charge in [-0.3, -0.25) is 9.59 Å². The Kier molecular flexibility index (Phi) is 4.55. The van der Waals surface area contributed by atoms with Gasteiger partial charge < -0.3 is 14.7 Å². The van der Waals surface area contributed by atoms with Crippen molar-refractivity contribution < 1.29 is 9.59 Å². The molecular weight excluding hydrogens is 290 g/mol. The fraction of sp³-hybridized carbons (Fsp3) is 0.556. The molecule has 0 bridgehead atoms. The number of rotatable bonds is 4. The van der Waals surface area contributed by atoms with Crippen molar-refractivity contribution in [1.82, 2.24) is 4.90 Å². The van der Waals surface area contributed by atoms with Crippen molar-refractivity contribution in [3.05, 3.63) is 23.8 Å². The van der Waals surface area contributed by atoms with Crippen LogP contribution >= 0.6 is 0 Å². The average Bonchev–Trinajstić information content (AvgIpc) is 2.86. The zero-order valence-corrected chi connectivity index (χ0v) is 14.0. The molecule has 0 radical (unpaired) electrons. The second-order valence-electron chi connectivity index (χ2n) is 6.41. The Morgan fingerprint density at radius 2 is 1.91 bits per heavy atom. The minimum atomic E-state index is 0.156. The lowest BCUT2D eigenvalue weighted by Gasteiger charge is -2.36. The van der Waals surface area contributed by atoms with Gasteiger partial charge in [0, 0.05) is 51.0 Å². The molecule has 124 valence electrons. The molecule has 1 saturated heterocycles. The SMILES string of the molecule is CCCCC(=O)N1CCN(c2ccc3c(c2)CC(=O)N3C)CC1. The number of benzene rings is 1. The van der Waals surface area contributed by atoms with E-state index in [-0.39, 0.29) is 11.8 Å². The van der Waals surface area contributed by atoms with Crippen LogP contribution in [0.4, 0.5) is 11.4 Å². The number of likely N-dealkylation sites (N-methyl/N-ethyl adjacent to an activating group) is 1. The number of carbonyl (C=O) groups is 2. The van der Waals surface area contributed by atoms with Crippen LogP contribution in [0.1, 0.15) is 31.7 Å². The molecule has 5 heteroatoms. The summed E-state index contributed by atoms with van der Waals surface area (Å²) in [5.41, 5.74) is 3.29. The molecule has 0 N–H and O–H groups in total. The highest BCUT2D eigenvalue weighted by Crippen LogP contribution is 2.31. The largest absolute Gasteiger partial charge is 0.368 e. The fourth-order valence-corrected chi connectivity index (χ4v) is 3.35. The van der Waals surface area contributed by atoms with Gasteiger partial charge in [-0.05, 0) is 30.2 Å². The Hall–Kier alpha value is -2.04. The maximum Gasteiger partial charge on any atom is 0.231 e. The van der Waals surface area contributed by atoms with Gasteiger partial charge in [-0.1, -0.05) is 13.3 Å². The smallest absolute Gasteiger partial charge is 0.231 e. The summed E-state index contributed by atoms with van der Waals surface area (Å²) >= 11 is 0. The van der Waals surface area contributed by atoms with Gasteiger partial charge >= 0.3 is 0 Å². The predicted octanol–water partition coefficient (Wildman–Crippen LogP) is 2.04. The standard InChI is InChI=1S/C18H25N3O2/c1-3-4-5-17(22)21-10-8-20(9-11-21)15-6-7-16-14(12-15)13-18(23)19(16)2/h6-7,12H,3-5,8-11,13H2,1-2H3. The lowest BCUT2D eigenvalue weighted by Crippen LogP contribution is -2.48. The first-order chi connectivity index (χ1) is 11.1. The quantitative estimate of drug-likeness (QED) is 0.854. The average molecular weight is 315 g/mol. The van der Waals surface area contributed by atoms with E-state index in [9.17, 15) is 9.59 Å². The molecular formula is C18H25N3O2. The lowest BCUT2D eigenvalue weighted by atomic mass is 10.1. The summed E-state index contributed by atoms with van der Waals surface area (Å²) in [6, 6.07) is 6.25. The normalized spacial score (nSPS) is 17.7. The number of nitrogens with zero attached hydrogens (tertiary/aromatic N) is 3. The third-order valence-corrected chi connectivity index (χ3v) is 4.88. The minimum absolute atomic E-state index is 0.156. The van der Waals surface area contributed by atoms with E-state index in [1.54, 1.807) is 4.90 Å². The molecule has 3 rings (SSSR count). The number of hydrogen-bond acceptors (Lipinski definition) is 3. The number of fused-ring (bicyclic) bond motifs is 1. The van der Waals surface area contributed by atoms with Crippen LogP contribution in [0, 0.1) is 0 Å². The van der Waals surface area contributed by atoms with Crippen molar-refractivity contribution in [2.45, 2.75) is 32.6 Å². The first kappa shape index (κ1) is 15.8. The van der Waals surface area contributed by atoms with Crippen molar-refractivity contribution >= 4 is 23.2 Å². The van der Waals surface area contributed by atoms with E-state index >= 15 is 0 Å². The molecule has 23 heavy (non-hydrogen) atoms. The Labute approximate surface area is 137 Å². The van der Waals surface area contributed by atoms with E-state index < -0.39 is 0 Å². The highest BCUT2D eigenvalue weighted by Gasteiger charge is 2.26. The summed E-state index contributed by atoms with van der Waals surface area (Å²) in [4.78, 5) is 29.9. The zero-order valence-electron chi connectivity index (χ0n) is 14.0. The Morgan fingerprint density at radius 3 is 2.61 bits per heavy atom. The van der Waals surface area contributed by atoms with Crippen LogP contribution in [-0.4, -0.2) is 49.9 Å². The van der Waals surface area contributed by atoms with Crippen LogP contribution in [0.5, 0.6) is 0 Å². The molecule has 5 nitrogen and oxygen atoms in total. The van der Waals surface area contributed by atoms with Crippen molar-refractivity contribution in [2.24, 2.45) is 0 Å². The molecule has 1 fully saturated rings. The monoisotopic (exact) mass is 315 g/mol. The topological polar surface area (TPSA) is 43.9 Å². The summed E-state index contributed by atoms with van der Waals surface area (Å²) < 4.78 is 0. The van der Waals surface area contributed by atoms with E-state index in [1.165, 1.54) is 0 Å². The Bertz CT molecular complexity index is 606. The fourth-order valence-electron chi connectivity index (χ4n) is 3.35. The molecule has 2 amide bonds. The van der Waals surface area contributed by atoms with Crippen molar-refractivity contribution in [3.8, 4) is 0 Å². The van der Waals surface area contributed by atoms with Crippen molar-refractivity contribution in [3.63, 3.8) is 0 Å². The van der Waals surface area contributed by atoms with E-state index in [4.69, 9.17) is 0 Å². The first-order valence-corrected chi connectivity index (χ1v) is 8.52. The summed E-state index contributed by atoms with van der Waals surface area (Å²) in [6.45, 7) is 5.42. The van der Waals surface area contributed by atoms with Crippen LogP contribution < -0.4 is 9.80 Å². The maximum absolute atomic E-state index is 12.1. The molecule has 0 spiro atoms. The van der Waals surface area contributed by atoms with E-state index in [0.29, 0.717) is 12.8 Å². The Morgan fingerprint density at radius 1 is 1.17 bits per heavy atom. The number of hydrogen-bond donors (Lipinski definition) is 0. The second kappa shape index (κ2) is 6.60. The number of piperazine rings is 1. The van der Waals surface area contributed by atoms with Crippen molar-refractivity contribution in [2.75, 3.05) is 43.0 Å². The molecule has 2 heterocycles. The third-order valence-electron chi connectivity index (χ3n) is 4.88. The molecule has 0 aliphatic carbocycles. The summed E-state index contributed by atoms with van der Waals surface area (Å²) in [5.74, 6) is 0.441. The molecule has 0 aromatic heterocycles. The highest BCUT2D eigenvalue weighted by atomic mass is 16.2. The third kappa shape index (κ3) is 3.19. The van der Waals surface area contributed by atoms with E-state index in [1.807, 2.05) is 18.0 Å². The molecule has 0 saturated carbocycles. The van der Waals surface area contributed by atoms with E-state index in [0.717, 1.165) is 56.0 Å². The minimum Gasteiger partial charge on any atom is -0.368 e. The van der Waals surface area contributed by atoms with Crippen LogP contribution in [0.2, 0.25) is 0 Å². The number of unbranched alkanes of at least 4 members (excludes halogenated alkanes) is 1. The van der Waals surface area contributed by atoms with Gasteiger partial charge in [0.15, 0.2) is 0 Å². The van der Waals surface area contributed by atoms with E-state index in [2.05, 4.69) is 24.0 Å². The maximum atomic E-state index is 12.1. The molecule has 1 aromatic rings. The van der Waals surface area contributed by atoms with Gasteiger partial charge in [-0.15, -0.1) is 0 Å². The Balaban J connectivity index is 1.62. The zero-order chi connectivity index (χ0) is 16.4. The first-order valence-electron chi connectivity index (χ1n) is 8.52. The summed E-state index contributed by atoms with van der Waals surface area (Å²) in [7, 11) is 1.83. The van der Waals surface area contributed by atoms with Gasteiger partial charge in [-0.2, -0.15) is 0 Å². The molecule has 2 aliphatic rings. The van der Waals surface area contributed by atoms with Gasteiger partial charge in [-0.25, -0.2) is 0 Å². The molecule has 0 unspecified atom stereocenters. The van der Waals surface area contributed by atoms with Gasteiger partial charge in [0.2, 0.25) is 11.8 Å². The highest BCUT2D eigenvalue weighted by molar-refractivity contribution is 6.01. The second-order valence-corrected chi connectivity index (χ2v) is 6.41. The predicted molar refractivity (Wildman–Crippen MR) is 91.9 cm³/mol. The number of carbonyl (C=O) groups excluding carboxylic acids is 2. The molecule has 1 aromatic carbocycles. The number of amides is 2. The van der Waals surface area contributed by atoms with Crippen molar-refractivity contribution in [1.29, 1.82) is 0 Å². The van der Waals surface area contributed by atoms with Gasteiger partial charge in [0.05, 0.1) is 6.42 Å². The van der Waals surface area contributed by atoms with Crippen LogP contribution in [0.25, 0.3) is 0 Å². The van der Waals surface area contributed by atoms with Crippen LogP contribution in [0.3, 0.4) is 0 Å². The molecule has 2 aliphatic heterocycles. The molecule has 0 atom stereocenters. The van der Waals surface area contributed by atoms with Gasteiger partial charge in [0.25, 0.3) is 0 Å².